The van der Waals surface area contributed by atoms with Crippen LogP contribution in [0, 0.1) is 6.92 Å². The summed E-state index contributed by atoms with van der Waals surface area (Å²) in [6, 6.07) is 7.68. The molecule has 0 N–H and O–H groups in total. The minimum atomic E-state index is 0.500. The molecule has 0 unspecified atom stereocenters. The van der Waals surface area contributed by atoms with Gasteiger partial charge in [0.2, 0.25) is 0 Å². The van der Waals surface area contributed by atoms with Crippen molar-refractivity contribution >= 4 is 50.3 Å². The lowest BCUT2D eigenvalue weighted by atomic mass is 10.3. The highest BCUT2D eigenvalue weighted by atomic mass is 79.9. The number of hydrogen-bond acceptors (Lipinski definition) is 2. The van der Waals surface area contributed by atoms with Gasteiger partial charge < -0.3 is 0 Å². The van der Waals surface area contributed by atoms with Gasteiger partial charge in [0.05, 0.1) is 5.69 Å². The number of imidazole rings is 1. The Morgan fingerprint density at radius 2 is 2.10 bits per heavy atom. The van der Waals surface area contributed by atoms with Gasteiger partial charge in [0.25, 0.3) is 0 Å². The summed E-state index contributed by atoms with van der Waals surface area (Å²) in [6.07, 6.45) is 2.50. The second-order valence-corrected chi connectivity index (χ2v) is 6.42. The van der Waals surface area contributed by atoms with Crippen LogP contribution in [0.25, 0.3) is 16.9 Å². The van der Waals surface area contributed by atoms with E-state index in [4.69, 9.17) is 23.2 Å². The number of hydrogen-bond donors (Lipinski definition) is 0. The molecule has 21 heavy (non-hydrogen) atoms. The van der Waals surface area contributed by atoms with Crippen LogP contribution in [-0.4, -0.2) is 20.4 Å². The molecule has 3 aromatic rings. The quantitative estimate of drug-likeness (QED) is 0.599. The van der Waals surface area contributed by atoms with Crippen molar-refractivity contribution in [2.75, 3.05) is 5.88 Å². The molecular formula is C15H12BrCl2N3. The fourth-order valence-corrected chi connectivity index (χ4v) is 3.03. The zero-order valence-corrected chi connectivity index (χ0v) is 14.4. The summed E-state index contributed by atoms with van der Waals surface area (Å²) >= 11 is 15.6. The molecule has 0 fully saturated rings. The minimum Gasteiger partial charge on any atom is -0.279 e. The normalized spacial score (nSPS) is 11.2. The summed E-state index contributed by atoms with van der Waals surface area (Å²) in [4.78, 5) is 9.19. The first-order valence-corrected chi connectivity index (χ1v) is 8.16. The molecule has 0 amide bonds. The summed E-state index contributed by atoms with van der Waals surface area (Å²) in [5.41, 5.74) is 3.67. The van der Waals surface area contributed by atoms with Crippen LogP contribution < -0.4 is 0 Å². The Labute approximate surface area is 141 Å². The lowest BCUT2D eigenvalue weighted by Crippen LogP contribution is -2.04. The van der Waals surface area contributed by atoms with Gasteiger partial charge in [-0.1, -0.05) is 11.6 Å². The second kappa shape index (κ2) is 5.95. The van der Waals surface area contributed by atoms with E-state index in [1.54, 1.807) is 0 Å². The molecule has 0 aliphatic heterocycles. The lowest BCUT2D eigenvalue weighted by Gasteiger charge is -2.10. The highest BCUT2D eigenvalue weighted by molar-refractivity contribution is 9.10. The van der Waals surface area contributed by atoms with E-state index in [1.807, 2.05) is 42.0 Å². The molecule has 3 nitrogen and oxygen atoms in total. The molecule has 0 atom stereocenters. The molecule has 0 bridgehead atoms. The molecule has 3 rings (SSSR count). The number of fused-ring (bicyclic) bond motifs is 1. The van der Waals surface area contributed by atoms with Crippen LogP contribution in [-0.2, 0) is 6.42 Å². The first-order chi connectivity index (χ1) is 10.1. The number of nitrogens with zero attached hydrogens (tertiary/aromatic N) is 3. The minimum absolute atomic E-state index is 0.500. The van der Waals surface area contributed by atoms with Gasteiger partial charge in [-0.2, -0.15) is 0 Å². The maximum atomic E-state index is 6.14. The molecule has 0 aliphatic carbocycles. The van der Waals surface area contributed by atoms with Gasteiger partial charge in [0, 0.05) is 28.0 Å². The standard InChI is InChI=1S/C15H12BrCl2N3/c1-9-6-12-15(19-8-9)21(14(20-12)4-5-17)13-7-10(18)2-3-11(13)16/h2-3,6-8H,4-5H2,1H3. The van der Waals surface area contributed by atoms with Gasteiger partial charge >= 0.3 is 0 Å². The van der Waals surface area contributed by atoms with Crippen molar-refractivity contribution in [1.82, 2.24) is 14.5 Å². The SMILES string of the molecule is Cc1cnc2c(c1)nc(CCCl)n2-c1cc(Cl)ccc1Br. The fourth-order valence-electron chi connectivity index (χ4n) is 2.27. The number of benzene rings is 1. The van der Waals surface area contributed by atoms with Crippen molar-refractivity contribution in [3.05, 3.63) is 51.3 Å². The Kier molecular flexibility index (Phi) is 4.20. The van der Waals surface area contributed by atoms with Crippen LogP contribution in [0.5, 0.6) is 0 Å². The van der Waals surface area contributed by atoms with Crippen LogP contribution in [0.1, 0.15) is 11.4 Å². The van der Waals surface area contributed by atoms with E-state index in [0.717, 1.165) is 32.7 Å². The van der Waals surface area contributed by atoms with Crippen LogP contribution in [0.3, 0.4) is 0 Å². The van der Waals surface area contributed by atoms with Gasteiger partial charge in [-0.3, -0.25) is 4.57 Å². The maximum absolute atomic E-state index is 6.14. The molecule has 0 aliphatic rings. The Morgan fingerprint density at radius 3 is 2.86 bits per heavy atom. The summed E-state index contributed by atoms with van der Waals surface area (Å²) in [6.45, 7) is 2.00. The van der Waals surface area contributed by atoms with Crippen molar-refractivity contribution in [2.45, 2.75) is 13.3 Å². The Balaban J connectivity index is 2.33. The van der Waals surface area contributed by atoms with E-state index in [9.17, 15) is 0 Å². The predicted octanol–water partition coefficient (Wildman–Crippen LogP) is 4.93. The monoisotopic (exact) mass is 383 g/mol. The lowest BCUT2D eigenvalue weighted by molar-refractivity contribution is 0.902. The summed E-state index contributed by atoms with van der Waals surface area (Å²) in [5, 5.41) is 0.666. The Bertz CT molecular complexity index is 814. The number of aryl methyl sites for hydroxylation is 2. The molecule has 2 aromatic heterocycles. The van der Waals surface area contributed by atoms with Gasteiger partial charge in [-0.05, 0) is 52.7 Å². The Hall–Kier alpha value is -1.10. The zero-order chi connectivity index (χ0) is 15.0. The third kappa shape index (κ3) is 2.80. The van der Waals surface area contributed by atoms with Crippen molar-refractivity contribution in [2.24, 2.45) is 0 Å². The second-order valence-electron chi connectivity index (χ2n) is 4.75. The van der Waals surface area contributed by atoms with E-state index >= 15 is 0 Å². The van der Waals surface area contributed by atoms with Gasteiger partial charge in [0.15, 0.2) is 5.65 Å². The summed E-state index contributed by atoms with van der Waals surface area (Å²) in [5.74, 6) is 1.38. The molecule has 0 saturated carbocycles. The van der Waals surface area contributed by atoms with E-state index in [-0.39, 0.29) is 0 Å². The molecule has 108 valence electrons. The first kappa shape index (κ1) is 14.8. The predicted molar refractivity (Wildman–Crippen MR) is 90.7 cm³/mol. The number of rotatable bonds is 3. The topological polar surface area (TPSA) is 30.7 Å². The van der Waals surface area contributed by atoms with E-state index in [2.05, 4.69) is 25.9 Å². The Morgan fingerprint density at radius 1 is 1.29 bits per heavy atom. The third-order valence-corrected chi connectivity index (χ3v) is 4.27. The van der Waals surface area contributed by atoms with Crippen molar-refractivity contribution in [3.8, 4) is 5.69 Å². The average molecular weight is 385 g/mol. The largest absolute Gasteiger partial charge is 0.279 e. The fraction of sp³-hybridized carbons (Fsp3) is 0.200. The van der Waals surface area contributed by atoms with Crippen LogP contribution in [0.15, 0.2) is 34.9 Å². The van der Waals surface area contributed by atoms with Crippen LogP contribution >= 0.6 is 39.1 Å². The molecule has 6 heteroatoms. The first-order valence-electron chi connectivity index (χ1n) is 6.45. The van der Waals surface area contributed by atoms with Crippen molar-refractivity contribution in [3.63, 3.8) is 0 Å². The third-order valence-electron chi connectivity index (χ3n) is 3.17. The number of halogens is 3. The van der Waals surface area contributed by atoms with Gasteiger partial charge in [-0.15, -0.1) is 11.6 Å². The highest BCUT2D eigenvalue weighted by Gasteiger charge is 2.15. The number of alkyl halides is 1. The smallest absolute Gasteiger partial charge is 0.164 e. The van der Waals surface area contributed by atoms with E-state index < -0.39 is 0 Å². The summed E-state index contributed by atoms with van der Waals surface area (Å²) < 4.78 is 2.94. The van der Waals surface area contributed by atoms with E-state index in [0.29, 0.717) is 17.3 Å². The molecule has 0 saturated heterocycles. The highest BCUT2D eigenvalue weighted by Crippen LogP contribution is 2.29. The van der Waals surface area contributed by atoms with Crippen LogP contribution in [0.4, 0.5) is 0 Å². The zero-order valence-electron chi connectivity index (χ0n) is 11.3. The number of aromatic nitrogens is 3. The van der Waals surface area contributed by atoms with Crippen molar-refractivity contribution in [1.29, 1.82) is 0 Å². The molecule has 1 aromatic carbocycles. The average Bonchev–Trinajstić information content (AvgIpc) is 2.79. The van der Waals surface area contributed by atoms with Gasteiger partial charge in [0.1, 0.15) is 11.3 Å². The summed E-state index contributed by atoms with van der Waals surface area (Å²) in [7, 11) is 0. The van der Waals surface area contributed by atoms with E-state index in [1.165, 1.54) is 0 Å². The van der Waals surface area contributed by atoms with Crippen molar-refractivity contribution < 1.29 is 0 Å². The molecule has 0 spiro atoms. The maximum Gasteiger partial charge on any atom is 0.164 e. The molecular weight excluding hydrogens is 373 g/mol. The van der Waals surface area contributed by atoms with Gasteiger partial charge in [-0.25, -0.2) is 9.97 Å². The molecule has 2 heterocycles. The number of pyridine rings is 1. The van der Waals surface area contributed by atoms with Crippen LogP contribution in [0.2, 0.25) is 5.02 Å². The molecule has 0 radical (unpaired) electrons.